The molecule has 1 aromatic heterocycles. The molecular weight excluding hydrogens is 336 g/mol. The van der Waals surface area contributed by atoms with Crippen molar-refractivity contribution in [1.29, 1.82) is 0 Å². The van der Waals surface area contributed by atoms with Crippen molar-refractivity contribution in [1.82, 2.24) is 9.97 Å². The van der Waals surface area contributed by atoms with Crippen LogP contribution in [0.3, 0.4) is 0 Å². The highest BCUT2D eigenvalue weighted by Crippen LogP contribution is 2.34. The van der Waals surface area contributed by atoms with Gasteiger partial charge in [-0.3, -0.25) is 4.79 Å². The van der Waals surface area contributed by atoms with Gasteiger partial charge in [0.25, 0.3) is 5.56 Å². The molecule has 104 valence electrons. The van der Waals surface area contributed by atoms with Crippen LogP contribution in [0.1, 0.15) is 0 Å². The van der Waals surface area contributed by atoms with Crippen LogP contribution < -0.4 is 15.0 Å². The predicted molar refractivity (Wildman–Crippen MR) is 81.6 cm³/mol. The molecule has 4 rings (SSSR count). The Morgan fingerprint density at radius 3 is 2.76 bits per heavy atom. The molecule has 3 aromatic rings. The topological polar surface area (TPSA) is 64.2 Å². The Bertz CT molecular complexity index is 920. The SMILES string of the molecule is O=c1[nH]c2cc3c(cc2nc1-c1cccc(Br)c1)OCO3. The van der Waals surface area contributed by atoms with Gasteiger partial charge in [-0.05, 0) is 12.1 Å². The second-order valence-electron chi connectivity index (χ2n) is 4.65. The van der Waals surface area contributed by atoms with E-state index < -0.39 is 0 Å². The number of hydrogen-bond acceptors (Lipinski definition) is 4. The summed E-state index contributed by atoms with van der Waals surface area (Å²) >= 11 is 3.40. The van der Waals surface area contributed by atoms with Gasteiger partial charge in [-0.15, -0.1) is 0 Å². The third-order valence-corrected chi connectivity index (χ3v) is 3.78. The summed E-state index contributed by atoms with van der Waals surface area (Å²) in [6.45, 7) is 0.189. The summed E-state index contributed by atoms with van der Waals surface area (Å²) in [6, 6.07) is 11.0. The minimum atomic E-state index is -0.237. The molecule has 21 heavy (non-hydrogen) atoms. The van der Waals surface area contributed by atoms with E-state index in [1.807, 2.05) is 24.3 Å². The van der Waals surface area contributed by atoms with Crippen LogP contribution in [0.15, 0.2) is 45.7 Å². The van der Waals surface area contributed by atoms with Crippen molar-refractivity contribution in [3.05, 3.63) is 51.2 Å². The zero-order chi connectivity index (χ0) is 14.4. The molecule has 0 aliphatic carbocycles. The largest absolute Gasteiger partial charge is 0.454 e. The highest BCUT2D eigenvalue weighted by atomic mass is 79.9. The lowest BCUT2D eigenvalue weighted by molar-refractivity contribution is 0.174. The van der Waals surface area contributed by atoms with Crippen molar-refractivity contribution >= 4 is 27.0 Å². The average molecular weight is 345 g/mol. The van der Waals surface area contributed by atoms with Crippen molar-refractivity contribution in [3.8, 4) is 22.8 Å². The number of nitrogens with one attached hydrogen (secondary N) is 1. The van der Waals surface area contributed by atoms with Crippen LogP contribution >= 0.6 is 15.9 Å². The number of benzene rings is 2. The van der Waals surface area contributed by atoms with Crippen LogP contribution in [0.25, 0.3) is 22.3 Å². The molecule has 0 fully saturated rings. The second-order valence-corrected chi connectivity index (χ2v) is 5.56. The maximum atomic E-state index is 12.2. The van der Waals surface area contributed by atoms with Gasteiger partial charge in [0.1, 0.15) is 5.69 Å². The molecule has 0 radical (unpaired) electrons. The summed E-state index contributed by atoms with van der Waals surface area (Å²) in [5, 5.41) is 0. The van der Waals surface area contributed by atoms with Crippen LogP contribution in [-0.4, -0.2) is 16.8 Å². The molecule has 0 spiro atoms. The first-order chi connectivity index (χ1) is 10.2. The molecule has 0 bridgehead atoms. The number of H-pyrrole nitrogens is 1. The molecular formula is C15H9BrN2O3. The highest BCUT2D eigenvalue weighted by Gasteiger charge is 2.16. The van der Waals surface area contributed by atoms with Gasteiger partial charge in [-0.1, -0.05) is 28.1 Å². The van der Waals surface area contributed by atoms with Gasteiger partial charge < -0.3 is 14.5 Å². The Morgan fingerprint density at radius 1 is 1.14 bits per heavy atom. The highest BCUT2D eigenvalue weighted by molar-refractivity contribution is 9.10. The van der Waals surface area contributed by atoms with Gasteiger partial charge in [0.05, 0.1) is 11.0 Å². The number of ether oxygens (including phenoxy) is 2. The summed E-state index contributed by atoms with van der Waals surface area (Å²) in [7, 11) is 0. The van der Waals surface area contributed by atoms with E-state index in [0.717, 1.165) is 10.0 Å². The monoisotopic (exact) mass is 344 g/mol. The molecule has 6 heteroatoms. The third kappa shape index (κ3) is 2.08. The van der Waals surface area contributed by atoms with E-state index in [1.165, 1.54) is 0 Å². The average Bonchev–Trinajstić information content (AvgIpc) is 2.91. The Hall–Kier alpha value is -2.34. The molecule has 0 atom stereocenters. The fraction of sp³-hybridized carbons (Fsp3) is 0.0667. The predicted octanol–water partition coefficient (Wildman–Crippen LogP) is 3.08. The molecule has 1 aliphatic rings. The summed E-state index contributed by atoms with van der Waals surface area (Å²) in [4.78, 5) is 19.5. The number of rotatable bonds is 1. The summed E-state index contributed by atoms with van der Waals surface area (Å²) < 4.78 is 11.5. The zero-order valence-corrected chi connectivity index (χ0v) is 12.3. The molecule has 0 amide bonds. The Labute approximate surface area is 127 Å². The number of nitrogens with zero attached hydrogens (tertiary/aromatic N) is 1. The van der Waals surface area contributed by atoms with E-state index in [9.17, 15) is 4.79 Å². The second kappa shape index (κ2) is 4.60. The lowest BCUT2D eigenvalue weighted by Crippen LogP contribution is -2.11. The van der Waals surface area contributed by atoms with Crippen molar-refractivity contribution in [2.75, 3.05) is 6.79 Å². The van der Waals surface area contributed by atoms with Crippen molar-refractivity contribution in [3.63, 3.8) is 0 Å². The van der Waals surface area contributed by atoms with Gasteiger partial charge in [0.2, 0.25) is 6.79 Å². The van der Waals surface area contributed by atoms with Crippen LogP contribution in [-0.2, 0) is 0 Å². The van der Waals surface area contributed by atoms with E-state index >= 15 is 0 Å². The van der Waals surface area contributed by atoms with Crippen molar-refractivity contribution in [2.24, 2.45) is 0 Å². The minimum absolute atomic E-state index is 0.189. The Morgan fingerprint density at radius 2 is 1.95 bits per heavy atom. The number of hydrogen-bond donors (Lipinski definition) is 1. The fourth-order valence-corrected chi connectivity index (χ4v) is 2.71. The van der Waals surface area contributed by atoms with Gasteiger partial charge in [0.15, 0.2) is 11.5 Å². The van der Waals surface area contributed by atoms with Gasteiger partial charge in [0, 0.05) is 22.2 Å². The standard InChI is InChI=1S/C15H9BrN2O3/c16-9-3-1-2-8(4-9)14-15(19)18-11-6-13-12(20-7-21-13)5-10(11)17-14/h1-6H,7H2,(H,18,19). The van der Waals surface area contributed by atoms with Gasteiger partial charge in [-0.2, -0.15) is 0 Å². The molecule has 2 heterocycles. The van der Waals surface area contributed by atoms with Crippen LogP contribution in [0.2, 0.25) is 0 Å². The first kappa shape index (κ1) is 12.4. The van der Waals surface area contributed by atoms with Gasteiger partial charge >= 0.3 is 0 Å². The van der Waals surface area contributed by atoms with Crippen LogP contribution in [0.4, 0.5) is 0 Å². The van der Waals surface area contributed by atoms with Crippen molar-refractivity contribution in [2.45, 2.75) is 0 Å². The Kier molecular flexibility index (Phi) is 2.71. The normalized spacial score (nSPS) is 12.8. The van der Waals surface area contributed by atoms with E-state index in [-0.39, 0.29) is 12.4 Å². The molecule has 0 saturated heterocycles. The van der Waals surface area contributed by atoms with Crippen LogP contribution in [0.5, 0.6) is 11.5 Å². The number of fused-ring (bicyclic) bond motifs is 2. The minimum Gasteiger partial charge on any atom is -0.454 e. The molecule has 2 aromatic carbocycles. The maximum Gasteiger partial charge on any atom is 0.274 e. The maximum absolute atomic E-state index is 12.2. The summed E-state index contributed by atoms with van der Waals surface area (Å²) in [5.74, 6) is 1.26. The molecule has 0 unspecified atom stereocenters. The van der Waals surface area contributed by atoms with E-state index in [1.54, 1.807) is 12.1 Å². The lowest BCUT2D eigenvalue weighted by Gasteiger charge is -2.04. The molecule has 5 nitrogen and oxygen atoms in total. The molecule has 1 aliphatic heterocycles. The first-order valence-electron chi connectivity index (χ1n) is 6.30. The number of halogens is 1. The zero-order valence-electron chi connectivity index (χ0n) is 10.7. The quantitative estimate of drug-likeness (QED) is 0.736. The molecule has 0 saturated carbocycles. The Balaban J connectivity index is 1.96. The lowest BCUT2D eigenvalue weighted by atomic mass is 10.1. The van der Waals surface area contributed by atoms with Crippen molar-refractivity contribution < 1.29 is 9.47 Å². The van der Waals surface area contributed by atoms with E-state index in [2.05, 4.69) is 25.9 Å². The summed E-state index contributed by atoms with van der Waals surface area (Å²) in [5.41, 5.74) is 2.18. The third-order valence-electron chi connectivity index (χ3n) is 3.28. The van der Waals surface area contributed by atoms with Crippen LogP contribution in [0, 0.1) is 0 Å². The number of aromatic nitrogens is 2. The first-order valence-corrected chi connectivity index (χ1v) is 7.09. The van der Waals surface area contributed by atoms with Gasteiger partial charge in [-0.25, -0.2) is 4.98 Å². The van der Waals surface area contributed by atoms with E-state index in [0.29, 0.717) is 28.2 Å². The van der Waals surface area contributed by atoms with E-state index in [4.69, 9.17) is 9.47 Å². The smallest absolute Gasteiger partial charge is 0.274 e. The number of aromatic amines is 1. The molecule has 1 N–H and O–H groups in total. The summed E-state index contributed by atoms with van der Waals surface area (Å²) in [6.07, 6.45) is 0. The fourth-order valence-electron chi connectivity index (χ4n) is 2.31.